The van der Waals surface area contributed by atoms with E-state index in [2.05, 4.69) is 4.98 Å². The van der Waals surface area contributed by atoms with E-state index in [1.54, 1.807) is 12.1 Å². The molecule has 7 nitrogen and oxygen atoms in total. The first-order chi connectivity index (χ1) is 13.1. The van der Waals surface area contributed by atoms with Gasteiger partial charge in [-0.3, -0.25) is 0 Å². The van der Waals surface area contributed by atoms with Crippen molar-refractivity contribution in [2.75, 3.05) is 6.61 Å². The van der Waals surface area contributed by atoms with Gasteiger partial charge in [0.2, 0.25) is 6.29 Å². The second-order valence-electron chi connectivity index (χ2n) is 6.30. The zero-order valence-electron chi connectivity index (χ0n) is 14.2. The largest absolute Gasteiger partial charge is 0.461 e. The van der Waals surface area contributed by atoms with Crippen LogP contribution in [0.3, 0.4) is 0 Å². The van der Waals surface area contributed by atoms with E-state index >= 15 is 0 Å². The molecule has 1 aliphatic heterocycles. The van der Waals surface area contributed by atoms with Crippen molar-refractivity contribution in [1.29, 1.82) is 0 Å². The Morgan fingerprint density at radius 3 is 2.48 bits per heavy atom. The van der Waals surface area contributed by atoms with E-state index in [4.69, 9.17) is 9.47 Å². The van der Waals surface area contributed by atoms with Gasteiger partial charge < -0.3 is 29.9 Å². The molecule has 0 unspecified atom stereocenters. The fourth-order valence-corrected chi connectivity index (χ4v) is 4.02. The fourth-order valence-electron chi connectivity index (χ4n) is 3.02. The first-order valence-corrected chi connectivity index (χ1v) is 9.32. The molecule has 4 rings (SSSR count). The van der Waals surface area contributed by atoms with Gasteiger partial charge in [0.05, 0.1) is 22.4 Å². The number of nitrogens with zero attached hydrogens (tertiary/aromatic N) is 1. The minimum atomic E-state index is -1.49. The average molecular weight is 389 g/mol. The van der Waals surface area contributed by atoms with Crippen LogP contribution in [-0.4, -0.2) is 62.7 Å². The number of aliphatic hydroxyl groups excluding tert-OH is 4. The molecule has 4 N–H and O–H groups in total. The summed E-state index contributed by atoms with van der Waals surface area (Å²) in [5, 5.41) is 40.1. The Kier molecular flexibility index (Phi) is 5.09. The molecule has 8 heteroatoms. The van der Waals surface area contributed by atoms with Crippen molar-refractivity contribution in [1.82, 2.24) is 4.98 Å². The normalized spacial score (nSPS) is 28.4. The number of benzene rings is 2. The van der Waals surface area contributed by atoms with Gasteiger partial charge in [-0.05, 0) is 24.3 Å². The van der Waals surface area contributed by atoms with Crippen LogP contribution in [0.1, 0.15) is 0 Å². The van der Waals surface area contributed by atoms with Crippen LogP contribution in [0.5, 0.6) is 5.75 Å². The summed E-state index contributed by atoms with van der Waals surface area (Å²) in [6.07, 6.45) is -6.65. The summed E-state index contributed by atoms with van der Waals surface area (Å²) < 4.78 is 12.3. The Balaban J connectivity index is 1.65. The lowest BCUT2D eigenvalue weighted by atomic mass is 9.99. The Labute approximate surface area is 159 Å². The quantitative estimate of drug-likeness (QED) is 0.529. The summed E-state index contributed by atoms with van der Waals surface area (Å²) in [6, 6.07) is 15.0. The third-order valence-corrected chi connectivity index (χ3v) is 5.57. The summed E-state index contributed by atoms with van der Waals surface area (Å²) >= 11 is 1.51. The van der Waals surface area contributed by atoms with Crippen LogP contribution in [0.15, 0.2) is 48.5 Å². The molecular weight excluding hydrogens is 370 g/mol. The van der Waals surface area contributed by atoms with Crippen LogP contribution in [-0.2, 0) is 4.74 Å². The van der Waals surface area contributed by atoms with Gasteiger partial charge in [0.1, 0.15) is 35.2 Å². The Morgan fingerprint density at radius 1 is 0.963 bits per heavy atom. The van der Waals surface area contributed by atoms with E-state index in [9.17, 15) is 20.4 Å². The molecule has 2 aromatic carbocycles. The number of hydrogen-bond donors (Lipinski definition) is 4. The molecule has 0 aliphatic carbocycles. The lowest BCUT2D eigenvalue weighted by Crippen LogP contribution is -2.60. The summed E-state index contributed by atoms with van der Waals surface area (Å²) in [5.74, 6) is 0.417. The number of hydrogen-bond acceptors (Lipinski definition) is 8. The summed E-state index contributed by atoms with van der Waals surface area (Å²) in [6.45, 7) is -0.510. The summed E-state index contributed by atoms with van der Waals surface area (Å²) in [7, 11) is 0. The van der Waals surface area contributed by atoms with Gasteiger partial charge in [-0.15, -0.1) is 11.3 Å². The monoisotopic (exact) mass is 389 g/mol. The predicted molar refractivity (Wildman–Crippen MR) is 99.5 cm³/mol. The lowest BCUT2D eigenvalue weighted by molar-refractivity contribution is -0.277. The molecule has 0 amide bonds. The van der Waals surface area contributed by atoms with E-state index in [0.29, 0.717) is 5.75 Å². The molecule has 1 aliphatic rings. The topological polar surface area (TPSA) is 112 Å². The lowest BCUT2D eigenvalue weighted by Gasteiger charge is -2.39. The molecule has 1 fully saturated rings. The molecule has 1 aromatic heterocycles. The molecule has 3 aromatic rings. The molecule has 1 saturated heterocycles. The van der Waals surface area contributed by atoms with Crippen molar-refractivity contribution < 1.29 is 29.9 Å². The van der Waals surface area contributed by atoms with Crippen LogP contribution in [0.2, 0.25) is 0 Å². The number of thiazole rings is 1. The smallest absolute Gasteiger partial charge is 0.229 e. The first-order valence-electron chi connectivity index (χ1n) is 8.50. The van der Waals surface area contributed by atoms with Crippen LogP contribution in [0.4, 0.5) is 0 Å². The van der Waals surface area contributed by atoms with Crippen molar-refractivity contribution in [3.05, 3.63) is 48.5 Å². The number of ether oxygens (including phenoxy) is 2. The molecule has 0 bridgehead atoms. The minimum Gasteiger partial charge on any atom is -0.461 e. The Bertz CT molecular complexity index is 896. The second kappa shape index (κ2) is 7.51. The molecule has 0 radical (unpaired) electrons. The molecule has 0 saturated carbocycles. The maximum atomic E-state index is 10.2. The minimum absolute atomic E-state index is 0.417. The SMILES string of the molecule is OC[C@H]1O[C@@H](Oc2ccccc2-c2nc3ccccc3s2)[C@H](O)[C@@H](O)[C@H]1O. The van der Waals surface area contributed by atoms with Gasteiger partial charge in [0.15, 0.2) is 0 Å². The number of fused-ring (bicyclic) bond motifs is 1. The van der Waals surface area contributed by atoms with Gasteiger partial charge in [-0.1, -0.05) is 24.3 Å². The first kappa shape index (κ1) is 18.3. The van der Waals surface area contributed by atoms with Crippen molar-refractivity contribution in [3.63, 3.8) is 0 Å². The van der Waals surface area contributed by atoms with Crippen LogP contribution >= 0.6 is 11.3 Å². The molecule has 2 heterocycles. The standard InChI is InChI=1S/C19H19NO6S/c21-9-13-15(22)16(23)17(24)19(26-13)25-12-7-3-1-5-10(12)18-20-11-6-2-4-8-14(11)27-18/h1-8,13,15-17,19,21-24H,9H2/t13-,15+,16+,17-,19-/m1/s1. The molecular formula is C19H19NO6S. The number of para-hydroxylation sites is 2. The number of aliphatic hydroxyl groups is 4. The van der Waals surface area contributed by atoms with E-state index in [-0.39, 0.29) is 0 Å². The van der Waals surface area contributed by atoms with E-state index < -0.39 is 37.3 Å². The zero-order valence-corrected chi connectivity index (χ0v) is 15.0. The number of aromatic nitrogens is 1. The van der Waals surface area contributed by atoms with Gasteiger partial charge in [0, 0.05) is 0 Å². The molecule has 0 spiro atoms. The van der Waals surface area contributed by atoms with Crippen molar-refractivity contribution in [2.24, 2.45) is 0 Å². The Morgan fingerprint density at radius 2 is 1.70 bits per heavy atom. The van der Waals surface area contributed by atoms with Gasteiger partial charge >= 0.3 is 0 Å². The maximum absolute atomic E-state index is 10.2. The van der Waals surface area contributed by atoms with Gasteiger partial charge in [-0.2, -0.15) is 0 Å². The third-order valence-electron chi connectivity index (χ3n) is 4.50. The van der Waals surface area contributed by atoms with Crippen LogP contribution in [0, 0.1) is 0 Å². The van der Waals surface area contributed by atoms with Crippen LogP contribution in [0.25, 0.3) is 20.8 Å². The second-order valence-corrected chi connectivity index (χ2v) is 7.33. The third kappa shape index (κ3) is 3.43. The number of rotatable bonds is 4. The van der Waals surface area contributed by atoms with E-state index in [1.807, 2.05) is 36.4 Å². The highest BCUT2D eigenvalue weighted by Gasteiger charge is 2.44. The predicted octanol–water partition coefficient (Wildman–Crippen LogP) is 1.14. The molecule has 142 valence electrons. The summed E-state index contributed by atoms with van der Waals surface area (Å²) in [5.41, 5.74) is 1.59. The molecule has 27 heavy (non-hydrogen) atoms. The zero-order chi connectivity index (χ0) is 19.0. The van der Waals surface area contributed by atoms with Crippen molar-refractivity contribution in [2.45, 2.75) is 30.7 Å². The highest BCUT2D eigenvalue weighted by atomic mass is 32.1. The maximum Gasteiger partial charge on any atom is 0.229 e. The van der Waals surface area contributed by atoms with Crippen molar-refractivity contribution >= 4 is 21.6 Å². The van der Waals surface area contributed by atoms with Gasteiger partial charge in [0.25, 0.3) is 0 Å². The van der Waals surface area contributed by atoms with Gasteiger partial charge in [-0.25, -0.2) is 4.98 Å². The highest BCUT2D eigenvalue weighted by Crippen LogP contribution is 2.37. The fraction of sp³-hybridized carbons (Fsp3) is 0.316. The summed E-state index contributed by atoms with van der Waals surface area (Å²) in [4.78, 5) is 4.62. The van der Waals surface area contributed by atoms with E-state index in [1.165, 1.54) is 11.3 Å². The average Bonchev–Trinajstić information content (AvgIpc) is 3.13. The highest BCUT2D eigenvalue weighted by molar-refractivity contribution is 7.21. The molecule has 5 atom stereocenters. The van der Waals surface area contributed by atoms with Crippen LogP contribution < -0.4 is 4.74 Å². The van der Waals surface area contributed by atoms with E-state index in [0.717, 1.165) is 20.8 Å². The van der Waals surface area contributed by atoms with Crippen molar-refractivity contribution in [3.8, 4) is 16.3 Å². The Hall–Kier alpha value is -2.07.